The Morgan fingerprint density at radius 3 is 2.90 bits per heavy atom. The first-order valence-electron chi connectivity index (χ1n) is 7.07. The van der Waals surface area contributed by atoms with Gasteiger partial charge < -0.3 is 14.8 Å². The number of aromatic nitrogens is 2. The molecule has 0 aromatic carbocycles. The van der Waals surface area contributed by atoms with Gasteiger partial charge in [0.2, 0.25) is 0 Å². The molecule has 0 spiro atoms. The SMILES string of the molecule is CCn1nc(C)c([N+](=O)[O-])c1OCC1CNCC(C)(C)O1. The summed E-state index contributed by atoms with van der Waals surface area (Å²) in [5.74, 6) is 0.201. The van der Waals surface area contributed by atoms with Crippen LogP contribution in [0.5, 0.6) is 5.88 Å². The number of hydrogen-bond donors (Lipinski definition) is 1. The van der Waals surface area contributed by atoms with Crippen molar-refractivity contribution >= 4 is 5.69 Å². The second-order valence-corrected chi connectivity index (χ2v) is 5.75. The Hall–Kier alpha value is -1.67. The summed E-state index contributed by atoms with van der Waals surface area (Å²) in [7, 11) is 0. The summed E-state index contributed by atoms with van der Waals surface area (Å²) in [6.07, 6.45) is -0.145. The Labute approximate surface area is 123 Å². The van der Waals surface area contributed by atoms with Gasteiger partial charge in [-0.3, -0.25) is 10.1 Å². The molecule has 118 valence electrons. The number of nitrogens with one attached hydrogen (secondary N) is 1. The standard InChI is InChI=1S/C13H22N4O4/c1-5-16-12(11(17(18)19)9(2)15-16)20-7-10-6-14-8-13(3,4)21-10/h10,14H,5-8H2,1-4H3. The molecule has 0 saturated carbocycles. The van der Waals surface area contributed by atoms with Crippen molar-refractivity contribution in [3.63, 3.8) is 0 Å². The normalized spacial score (nSPS) is 21.2. The van der Waals surface area contributed by atoms with E-state index in [1.54, 1.807) is 6.92 Å². The number of hydrogen-bond acceptors (Lipinski definition) is 6. The molecule has 0 radical (unpaired) electrons. The van der Waals surface area contributed by atoms with Crippen molar-refractivity contribution in [2.75, 3.05) is 19.7 Å². The van der Waals surface area contributed by atoms with Crippen LogP contribution in [-0.2, 0) is 11.3 Å². The van der Waals surface area contributed by atoms with Crippen molar-refractivity contribution in [1.82, 2.24) is 15.1 Å². The van der Waals surface area contributed by atoms with E-state index in [1.807, 2.05) is 20.8 Å². The minimum atomic E-state index is -0.451. The van der Waals surface area contributed by atoms with Crippen LogP contribution in [0.4, 0.5) is 5.69 Å². The maximum absolute atomic E-state index is 11.2. The van der Waals surface area contributed by atoms with Crippen LogP contribution in [0.1, 0.15) is 26.5 Å². The van der Waals surface area contributed by atoms with E-state index < -0.39 is 4.92 Å². The molecule has 8 nitrogen and oxygen atoms in total. The van der Waals surface area contributed by atoms with Gasteiger partial charge in [0.15, 0.2) is 0 Å². The predicted molar refractivity (Wildman–Crippen MR) is 76.6 cm³/mol. The first kappa shape index (κ1) is 15.7. The highest BCUT2D eigenvalue weighted by atomic mass is 16.6. The maximum atomic E-state index is 11.2. The van der Waals surface area contributed by atoms with Crippen LogP contribution in [-0.4, -0.2) is 46.1 Å². The molecule has 1 saturated heterocycles. The summed E-state index contributed by atoms with van der Waals surface area (Å²) in [5, 5.41) is 18.6. The molecule has 1 fully saturated rings. The lowest BCUT2D eigenvalue weighted by atomic mass is 10.1. The van der Waals surface area contributed by atoms with Crippen LogP contribution in [0.25, 0.3) is 0 Å². The number of nitro groups is 1. The quantitative estimate of drug-likeness (QED) is 0.650. The molecule has 0 amide bonds. The fourth-order valence-electron chi connectivity index (χ4n) is 2.45. The van der Waals surface area contributed by atoms with Gasteiger partial charge >= 0.3 is 5.69 Å². The molecule has 0 aliphatic carbocycles. The van der Waals surface area contributed by atoms with E-state index in [0.717, 1.165) is 6.54 Å². The smallest absolute Gasteiger partial charge is 0.353 e. The molecule has 2 heterocycles. The monoisotopic (exact) mass is 298 g/mol. The zero-order valence-corrected chi connectivity index (χ0v) is 12.9. The van der Waals surface area contributed by atoms with Crippen LogP contribution in [0, 0.1) is 17.0 Å². The number of rotatable bonds is 5. The second-order valence-electron chi connectivity index (χ2n) is 5.75. The van der Waals surface area contributed by atoms with Gasteiger partial charge in [-0.15, -0.1) is 0 Å². The summed E-state index contributed by atoms with van der Waals surface area (Å²) < 4.78 is 13.1. The van der Waals surface area contributed by atoms with Crippen LogP contribution < -0.4 is 10.1 Å². The molecule has 0 bridgehead atoms. The van der Waals surface area contributed by atoms with E-state index in [-0.39, 0.29) is 29.9 Å². The van der Waals surface area contributed by atoms with Crippen molar-refractivity contribution < 1.29 is 14.4 Å². The average molecular weight is 298 g/mol. The predicted octanol–water partition coefficient (Wildman–Crippen LogP) is 1.27. The van der Waals surface area contributed by atoms with Gasteiger partial charge in [0.1, 0.15) is 18.4 Å². The van der Waals surface area contributed by atoms with E-state index in [9.17, 15) is 10.1 Å². The van der Waals surface area contributed by atoms with Crippen LogP contribution in [0.2, 0.25) is 0 Å². The van der Waals surface area contributed by atoms with Crippen molar-refractivity contribution in [2.45, 2.75) is 45.9 Å². The molecule has 2 rings (SSSR count). The third kappa shape index (κ3) is 3.51. The van der Waals surface area contributed by atoms with Crippen molar-refractivity contribution in [2.24, 2.45) is 0 Å². The van der Waals surface area contributed by atoms with Gasteiger partial charge in [0.05, 0.1) is 10.5 Å². The Bertz CT molecular complexity index is 526. The summed E-state index contributed by atoms with van der Waals surface area (Å²) in [4.78, 5) is 10.7. The fourth-order valence-corrected chi connectivity index (χ4v) is 2.45. The minimum Gasteiger partial charge on any atom is -0.470 e. The number of morpholine rings is 1. The molecular weight excluding hydrogens is 276 g/mol. The Balaban J connectivity index is 2.11. The lowest BCUT2D eigenvalue weighted by Gasteiger charge is -2.36. The molecular formula is C13H22N4O4. The van der Waals surface area contributed by atoms with Crippen molar-refractivity contribution in [3.05, 3.63) is 15.8 Å². The zero-order valence-electron chi connectivity index (χ0n) is 12.9. The molecule has 1 N–H and O–H groups in total. The van der Waals surface area contributed by atoms with E-state index in [4.69, 9.17) is 9.47 Å². The second kappa shape index (κ2) is 5.98. The van der Waals surface area contributed by atoms with Gasteiger partial charge in [-0.2, -0.15) is 5.10 Å². The van der Waals surface area contributed by atoms with E-state index >= 15 is 0 Å². The molecule has 8 heteroatoms. The van der Waals surface area contributed by atoms with E-state index in [0.29, 0.717) is 18.8 Å². The fraction of sp³-hybridized carbons (Fsp3) is 0.769. The first-order chi connectivity index (χ1) is 9.84. The lowest BCUT2D eigenvalue weighted by molar-refractivity contribution is -0.386. The maximum Gasteiger partial charge on any atom is 0.353 e. The molecule has 21 heavy (non-hydrogen) atoms. The summed E-state index contributed by atoms with van der Waals surface area (Å²) >= 11 is 0. The van der Waals surface area contributed by atoms with Crippen LogP contribution in [0.15, 0.2) is 0 Å². The molecule has 1 aliphatic heterocycles. The molecule has 1 aromatic heterocycles. The number of nitrogens with zero attached hydrogens (tertiary/aromatic N) is 3. The lowest BCUT2D eigenvalue weighted by Crippen LogP contribution is -2.52. The van der Waals surface area contributed by atoms with Gasteiger partial charge in [-0.1, -0.05) is 0 Å². The van der Waals surface area contributed by atoms with Crippen LogP contribution >= 0.6 is 0 Å². The third-order valence-electron chi connectivity index (χ3n) is 3.35. The minimum absolute atomic E-state index is 0.0696. The summed E-state index contributed by atoms with van der Waals surface area (Å²) in [5.41, 5.74) is 0.0267. The zero-order chi connectivity index (χ0) is 15.6. The van der Waals surface area contributed by atoms with Gasteiger partial charge in [-0.25, -0.2) is 4.68 Å². The third-order valence-corrected chi connectivity index (χ3v) is 3.35. The van der Waals surface area contributed by atoms with E-state index in [2.05, 4.69) is 10.4 Å². The molecule has 1 unspecified atom stereocenters. The topological polar surface area (TPSA) is 91.5 Å². The number of aryl methyl sites for hydroxylation is 2. The average Bonchev–Trinajstić information content (AvgIpc) is 2.71. The van der Waals surface area contributed by atoms with Gasteiger partial charge in [-0.05, 0) is 27.7 Å². The van der Waals surface area contributed by atoms with E-state index in [1.165, 1.54) is 4.68 Å². The van der Waals surface area contributed by atoms with Crippen molar-refractivity contribution in [1.29, 1.82) is 0 Å². The Kier molecular flexibility index (Phi) is 4.48. The van der Waals surface area contributed by atoms with Crippen molar-refractivity contribution in [3.8, 4) is 5.88 Å². The highest BCUT2D eigenvalue weighted by Crippen LogP contribution is 2.30. The highest BCUT2D eigenvalue weighted by molar-refractivity contribution is 5.45. The molecule has 1 aromatic rings. The number of ether oxygens (including phenoxy) is 2. The Morgan fingerprint density at radius 1 is 1.62 bits per heavy atom. The van der Waals surface area contributed by atoms with Crippen LogP contribution in [0.3, 0.4) is 0 Å². The Morgan fingerprint density at radius 2 is 2.33 bits per heavy atom. The summed E-state index contributed by atoms with van der Waals surface area (Å²) in [6.45, 7) is 9.67. The van der Waals surface area contributed by atoms with Gasteiger partial charge in [0, 0.05) is 19.6 Å². The summed E-state index contributed by atoms with van der Waals surface area (Å²) in [6, 6.07) is 0. The largest absolute Gasteiger partial charge is 0.470 e. The van der Waals surface area contributed by atoms with Gasteiger partial charge in [0.25, 0.3) is 5.88 Å². The molecule has 1 aliphatic rings. The first-order valence-corrected chi connectivity index (χ1v) is 7.07. The molecule has 1 atom stereocenters. The highest BCUT2D eigenvalue weighted by Gasteiger charge is 2.31.